The Labute approximate surface area is 163 Å². The van der Waals surface area contributed by atoms with Crippen LogP contribution in [0.3, 0.4) is 0 Å². The fourth-order valence-electron chi connectivity index (χ4n) is 3.30. The number of hydrogen-bond acceptors (Lipinski definition) is 6. The number of hydrogen-bond donors (Lipinski definition) is 2. The molecule has 1 aromatic carbocycles. The number of nitrogens with one attached hydrogen (secondary N) is 2. The second-order valence-electron chi connectivity index (χ2n) is 6.70. The van der Waals surface area contributed by atoms with E-state index in [0.717, 1.165) is 19.5 Å². The summed E-state index contributed by atoms with van der Waals surface area (Å²) >= 11 is 0. The number of morpholine rings is 1. The van der Waals surface area contributed by atoms with Crippen LogP contribution in [0.1, 0.15) is 12.8 Å². The van der Waals surface area contributed by atoms with Crippen LogP contribution in [0.25, 0.3) is 0 Å². The highest BCUT2D eigenvalue weighted by Gasteiger charge is 2.25. The van der Waals surface area contributed by atoms with E-state index in [1.807, 2.05) is 0 Å². The first-order valence-electron chi connectivity index (χ1n) is 9.46. The van der Waals surface area contributed by atoms with Crippen LogP contribution in [0.4, 0.5) is 11.4 Å². The number of methoxy groups -OCH3 is 1. The predicted molar refractivity (Wildman–Crippen MR) is 103 cm³/mol. The smallest absolute Gasteiger partial charge is 0.313 e. The van der Waals surface area contributed by atoms with Gasteiger partial charge in [0.2, 0.25) is 5.91 Å². The van der Waals surface area contributed by atoms with Gasteiger partial charge >= 0.3 is 11.8 Å². The van der Waals surface area contributed by atoms with Crippen LogP contribution in [-0.2, 0) is 19.1 Å². The average Bonchev–Trinajstić information content (AvgIpc) is 3.14. The SMILES string of the molecule is COc1ccc(NC(=O)C(=O)NCCN2CCOCC2)cc1N1CCCC1=O. The monoisotopic (exact) mass is 390 g/mol. The number of carbonyl (C=O) groups is 3. The Balaban J connectivity index is 1.55. The summed E-state index contributed by atoms with van der Waals surface area (Å²) in [4.78, 5) is 40.1. The van der Waals surface area contributed by atoms with Gasteiger partial charge in [0.15, 0.2) is 0 Å². The molecule has 0 aliphatic carbocycles. The predicted octanol–water partition coefficient (Wildman–Crippen LogP) is 0.209. The summed E-state index contributed by atoms with van der Waals surface area (Å²) in [5.74, 6) is -0.875. The quantitative estimate of drug-likeness (QED) is 0.674. The van der Waals surface area contributed by atoms with E-state index in [1.54, 1.807) is 23.1 Å². The Kier molecular flexibility index (Phi) is 6.83. The number of nitrogens with zero attached hydrogens (tertiary/aromatic N) is 2. The van der Waals surface area contributed by atoms with Crippen molar-refractivity contribution >= 4 is 29.1 Å². The molecule has 2 fully saturated rings. The molecule has 9 nitrogen and oxygen atoms in total. The first-order valence-corrected chi connectivity index (χ1v) is 9.46. The summed E-state index contributed by atoms with van der Waals surface area (Å²) in [6.45, 7) is 4.70. The molecule has 2 heterocycles. The van der Waals surface area contributed by atoms with Gasteiger partial charge in [0.05, 0.1) is 26.0 Å². The van der Waals surface area contributed by atoms with Crippen LogP contribution in [0.15, 0.2) is 18.2 Å². The molecule has 2 N–H and O–H groups in total. The number of anilines is 2. The van der Waals surface area contributed by atoms with Crippen LogP contribution < -0.4 is 20.3 Å². The Morgan fingerprint density at radius 2 is 1.96 bits per heavy atom. The molecule has 28 heavy (non-hydrogen) atoms. The normalized spacial score (nSPS) is 17.5. The van der Waals surface area contributed by atoms with Crippen LogP contribution in [0.2, 0.25) is 0 Å². The van der Waals surface area contributed by atoms with Gasteiger partial charge in [0, 0.05) is 44.8 Å². The maximum atomic E-state index is 12.2. The molecule has 2 aliphatic rings. The molecule has 3 rings (SSSR count). The molecule has 2 aliphatic heterocycles. The van der Waals surface area contributed by atoms with Crippen molar-refractivity contribution in [1.82, 2.24) is 10.2 Å². The van der Waals surface area contributed by atoms with Crippen LogP contribution >= 0.6 is 0 Å². The number of benzene rings is 1. The maximum Gasteiger partial charge on any atom is 0.313 e. The van der Waals surface area contributed by atoms with E-state index in [9.17, 15) is 14.4 Å². The topological polar surface area (TPSA) is 100 Å². The second-order valence-corrected chi connectivity index (χ2v) is 6.70. The molecule has 0 atom stereocenters. The molecular formula is C19H26N4O5. The van der Waals surface area contributed by atoms with Crippen molar-refractivity contribution in [2.75, 3.05) is 63.3 Å². The highest BCUT2D eigenvalue weighted by Crippen LogP contribution is 2.33. The zero-order chi connectivity index (χ0) is 19.9. The van der Waals surface area contributed by atoms with Crippen molar-refractivity contribution in [1.29, 1.82) is 0 Å². The Morgan fingerprint density at radius 3 is 2.64 bits per heavy atom. The molecule has 0 radical (unpaired) electrons. The largest absolute Gasteiger partial charge is 0.495 e. The van der Waals surface area contributed by atoms with Gasteiger partial charge in [-0.3, -0.25) is 19.3 Å². The summed E-state index contributed by atoms with van der Waals surface area (Å²) in [5.41, 5.74) is 1.03. The molecule has 0 bridgehead atoms. The minimum absolute atomic E-state index is 0.0163. The van der Waals surface area contributed by atoms with Crippen molar-refractivity contribution in [2.45, 2.75) is 12.8 Å². The molecule has 0 spiro atoms. The summed E-state index contributed by atoms with van der Waals surface area (Å²) in [5, 5.41) is 5.21. The molecule has 9 heteroatoms. The van der Waals surface area contributed by atoms with Gasteiger partial charge in [0.1, 0.15) is 5.75 Å². The van der Waals surface area contributed by atoms with Crippen molar-refractivity contribution in [3.63, 3.8) is 0 Å². The van der Waals surface area contributed by atoms with E-state index in [0.29, 0.717) is 56.4 Å². The first-order chi connectivity index (χ1) is 13.6. The lowest BCUT2D eigenvalue weighted by Crippen LogP contribution is -2.43. The second kappa shape index (κ2) is 9.52. The van der Waals surface area contributed by atoms with Gasteiger partial charge in [-0.25, -0.2) is 0 Å². The van der Waals surface area contributed by atoms with E-state index in [-0.39, 0.29) is 5.91 Å². The fourth-order valence-corrected chi connectivity index (χ4v) is 3.30. The van der Waals surface area contributed by atoms with E-state index in [1.165, 1.54) is 7.11 Å². The van der Waals surface area contributed by atoms with E-state index >= 15 is 0 Å². The zero-order valence-corrected chi connectivity index (χ0v) is 16.0. The summed E-state index contributed by atoms with van der Waals surface area (Å²) in [6, 6.07) is 4.97. The molecule has 0 aromatic heterocycles. The molecule has 152 valence electrons. The van der Waals surface area contributed by atoms with Crippen LogP contribution in [-0.4, -0.2) is 75.7 Å². The summed E-state index contributed by atoms with van der Waals surface area (Å²) in [6.07, 6.45) is 1.27. The Hall–Kier alpha value is -2.65. The number of rotatable bonds is 6. The zero-order valence-electron chi connectivity index (χ0n) is 16.0. The first kappa shape index (κ1) is 20.1. The molecule has 2 saturated heterocycles. The molecule has 3 amide bonds. The highest BCUT2D eigenvalue weighted by atomic mass is 16.5. The lowest BCUT2D eigenvalue weighted by atomic mass is 10.2. The summed E-state index contributed by atoms with van der Waals surface area (Å²) in [7, 11) is 1.53. The van der Waals surface area contributed by atoms with E-state index in [4.69, 9.17) is 9.47 Å². The number of carbonyl (C=O) groups excluding carboxylic acids is 3. The Bertz CT molecular complexity index is 733. The standard InChI is InChI=1S/C19H26N4O5/c1-27-16-5-4-14(13-15(16)23-7-2-3-17(23)24)21-19(26)18(25)20-6-8-22-9-11-28-12-10-22/h4-5,13H,2-3,6-12H2,1H3,(H,20,25)(H,21,26). The average molecular weight is 390 g/mol. The summed E-state index contributed by atoms with van der Waals surface area (Å²) < 4.78 is 10.6. The number of ether oxygens (including phenoxy) is 2. The van der Waals surface area contributed by atoms with Gasteiger partial charge in [-0.1, -0.05) is 0 Å². The highest BCUT2D eigenvalue weighted by molar-refractivity contribution is 6.39. The van der Waals surface area contributed by atoms with Gasteiger partial charge < -0.3 is 25.0 Å². The lowest BCUT2D eigenvalue weighted by molar-refractivity contribution is -0.136. The van der Waals surface area contributed by atoms with Crippen LogP contribution in [0.5, 0.6) is 5.75 Å². The third-order valence-electron chi connectivity index (χ3n) is 4.82. The van der Waals surface area contributed by atoms with Crippen molar-refractivity contribution < 1.29 is 23.9 Å². The fraction of sp³-hybridized carbons (Fsp3) is 0.526. The third-order valence-corrected chi connectivity index (χ3v) is 4.82. The lowest BCUT2D eigenvalue weighted by Gasteiger charge is -2.26. The van der Waals surface area contributed by atoms with E-state index < -0.39 is 11.8 Å². The molecule has 1 aromatic rings. The minimum Gasteiger partial charge on any atom is -0.495 e. The Morgan fingerprint density at radius 1 is 1.18 bits per heavy atom. The number of amides is 3. The molecular weight excluding hydrogens is 364 g/mol. The van der Waals surface area contributed by atoms with E-state index in [2.05, 4.69) is 15.5 Å². The maximum absolute atomic E-state index is 12.2. The van der Waals surface area contributed by atoms with Crippen molar-refractivity contribution in [3.05, 3.63) is 18.2 Å². The molecule has 0 saturated carbocycles. The molecule has 0 unspecified atom stereocenters. The van der Waals surface area contributed by atoms with Gasteiger partial charge in [-0.2, -0.15) is 0 Å². The van der Waals surface area contributed by atoms with Crippen molar-refractivity contribution in [2.24, 2.45) is 0 Å². The van der Waals surface area contributed by atoms with Crippen molar-refractivity contribution in [3.8, 4) is 5.75 Å². The van der Waals surface area contributed by atoms with Gasteiger partial charge in [0.25, 0.3) is 0 Å². The minimum atomic E-state index is -0.745. The van der Waals surface area contributed by atoms with Crippen LogP contribution in [0, 0.1) is 0 Å². The van der Waals surface area contributed by atoms with Gasteiger partial charge in [-0.05, 0) is 24.6 Å². The van der Waals surface area contributed by atoms with Gasteiger partial charge in [-0.15, -0.1) is 0 Å². The third kappa shape index (κ3) is 4.99.